The van der Waals surface area contributed by atoms with Crippen LogP contribution in [0.5, 0.6) is 5.75 Å². The van der Waals surface area contributed by atoms with Crippen molar-refractivity contribution in [2.45, 2.75) is 19.9 Å². The maximum absolute atomic E-state index is 12.9. The molecule has 1 unspecified atom stereocenters. The van der Waals surface area contributed by atoms with Gasteiger partial charge in [0.1, 0.15) is 5.75 Å². The van der Waals surface area contributed by atoms with Crippen LogP contribution in [0.25, 0.3) is 10.9 Å². The molecule has 1 amide bonds. The molecule has 0 saturated carbocycles. The highest BCUT2D eigenvalue weighted by Crippen LogP contribution is 2.37. The first-order chi connectivity index (χ1) is 17.5. The number of fused-ring (bicyclic) bond motifs is 1. The number of nitrogens with one attached hydrogen (secondary N) is 3. The second kappa shape index (κ2) is 9.96. The minimum atomic E-state index is -0.251. The summed E-state index contributed by atoms with van der Waals surface area (Å²) in [5.74, 6) is 0.610. The van der Waals surface area contributed by atoms with E-state index in [-0.39, 0.29) is 11.9 Å². The third-order valence-electron chi connectivity index (χ3n) is 6.29. The second-order valence-corrected chi connectivity index (χ2v) is 8.78. The lowest BCUT2D eigenvalue weighted by atomic mass is 9.98. The number of nitrogens with zero attached hydrogens (tertiary/aromatic N) is 1. The van der Waals surface area contributed by atoms with Crippen molar-refractivity contribution in [3.05, 3.63) is 119 Å². The molecule has 1 atom stereocenters. The number of anilines is 2. The molecule has 3 aromatic carbocycles. The van der Waals surface area contributed by atoms with Crippen molar-refractivity contribution in [1.29, 1.82) is 0 Å². The number of amides is 1. The molecular formula is C30H28N4O2. The van der Waals surface area contributed by atoms with Gasteiger partial charge in [-0.05, 0) is 68.4 Å². The van der Waals surface area contributed by atoms with Gasteiger partial charge in [0.15, 0.2) is 0 Å². The molecule has 0 saturated heterocycles. The molecule has 5 rings (SSSR count). The van der Waals surface area contributed by atoms with E-state index >= 15 is 0 Å². The summed E-state index contributed by atoms with van der Waals surface area (Å²) in [7, 11) is 1.66. The van der Waals surface area contributed by atoms with Crippen LogP contribution >= 0.6 is 0 Å². The first-order valence-electron chi connectivity index (χ1n) is 11.8. The average Bonchev–Trinajstić information content (AvgIpc) is 3.23. The van der Waals surface area contributed by atoms with Gasteiger partial charge >= 0.3 is 0 Å². The lowest BCUT2D eigenvalue weighted by Gasteiger charge is -2.22. The lowest BCUT2D eigenvalue weighted by molar-refractivity contribution is 0.102. The Hall–Kier alpha value is -4.58. The van der Waals surface area contributed by atoms with Gasteiger partial charge in [0, 0.05) is 39.6 Å². The number of H-pyrrole nitrogens is 1. The fraction of sp³-hybridized carbons (Fsp3) is 0.133. The number of aryl methyl sites for hydroxylation is 2. The van der Waals surface area contributed by atoms with Gasteiger partial charge in [-0.3, -0.25) is 9.78 Å². The summed E-state index contributed by atoms with van der Waals surface area (Å²) in [4.78, 5) is 21.0. The number of methoxy groups -OCH3 is 1. The predicted molar refractivity (Wildman–Crippen MR) is 145 cm³/mol. The Kier molecular flexibility index (Phi) is 6.41. The van der Waals surface area contributed by atoms with E-state index in [1.54, 1.807) is 13.3 Å². The monoisotopic (exact) mass is 476 g/mol. The summed E-state index contributed by atoms with van der Waals surface area (Å²) in [6.45, 7) is 4.06. The van der Waals surface area contributed by atoms with Crippen LogP contribution in [0.1, 0.15) is 38.9 Å². The molecular weight excluding hydrogens is 448 g/mol. The molecule has 6 heteroatoms. The van der Waals surface area contributed by atoms with E-state index in [4.69, 9.17) is 4.74 Å². The van der Waals surface area contributed by atoms with Gasteiger partial charge in [-0.1, -0.05) is 35.9 Å². The molecule has 36 heavy (non-hydrogen) atoms. The Labute approximate surface area is 210 Å². The zero-order chi connectivity index (χ0) is 25.1. The average molecular weight is 477 g/mol. The van der Waals surface area contributed by atoms with Crippen molar-refractivity contribution >= 4 is 28.2 Å². The number of hydrogen-bond donors (Lipinski definition) is 3. The fourth-order valence-electron chi connectivity index (χ4n) is 4.47. The normalized spacial score (nSPS) is 11.8. The Morgan fingerprint density at radius 2 is 1.72 bits per heavy atom. The molecule has 0 fully saturated rings. The van der Waals surface area contributed by atoms with Crippen LogP contribution in [0, 0.1) is 13.8 Å². The van der Waals surface area contributed by atoms with Crippen LogP contribution in [0.3, 0.4) is 0 Å². The third kappa shape index (κ3) is 4.66. The number of aromatic nitrogens is 2. The lowest BCUT2D eigenvalue weighted by Crippen LogP contribution is -2.15. The van der Waals surface area contributed by atoms with Crippen LogP contribution in [0.15, 0.2) is 91.1 Å². The van der Waals surface area contributed by atoms with Gasteiger partial charge in [-0.25, -0.2) is 0 Å². The van der Waals surface area contributed by atoms with Gasteiger partial charge in [-0.15, -0.1) is 0 Å². The largest absolute Gasteiger partial charge is 0.495 e. The van der Waals surface area contributed by atoms with E-state index in [1.165, 1.54) is 0 Å². The molecule has 6 nitrogen and oxygen atoms in total. The fourth-order valence-corrected chi connectivity index (χ4v) is 4.47. The van der Waals surface area contributed by atoms with Crippen molar-refractivity contribution in [1.82, 2.24) is 9.97 Å². The summed E-state index contributed by atoms with van der Waals surface area (Å²) < 4.78 is 5.59. The van der Waals surface area contributed by atoms with Crippen LogP contribution in [-0.2, 0) is 0 Å². The summed E-state index contributed by atoms with van der Waals surface area (Å²) in [6, 6.07) is 27.0. The molecule has 3 N–H and O–H groups in total. The van der Waals surface area contributed by atoms with Crippen LogP contribution < -0.4 is 15.4 Å². The minimum absolute atomic E-state index is 0.142. The topological polar surface area (TPSA) is 79.0 Å². The molecule has 0 aliphatic rings. The highest BCUT2D eigenvalue weighted by atomic mass is 16.5. The highest BCUT2D eigenvalue weighted by Gasteiger charge is 2.23. The quantitative estimate of drug-likeness (QED) is 0.246. The van der Waals surface area contributed by atoms with Crippen molar-refractivity contribution in [3.63, 3.8) is 0 Å². The second-order valence-electron chi connectivity index (χ2n) is 8.78. The van der Waals surface area contributed by atoms with E-state index in [2.05, 4.69) is 27.5 Å². The summed E-state index contributed by atoms with van der Waals surface area (Å²) in [5, 5.41) is 7.70. The summed E-state index contributed by atoms with van der Waals surface area (Å²) in [5.41, 5.74) is 7.27. The molecule has 2 heterocycles. The maximum Gasteiger partial charge on any atom is 0.255 e. The minimum Gasteiger partial charge on any atom is -0.495 e. The Morgan fingerprint density at radius 1 is 0.944 bits per heavy atom. The van der Waals surface area contributed by atoms with Gasteiger partial charge in [0.25, 0.3) is 5.91 Å². The molecule has 180 valence electrons. The standard InChI is InChI=1S/C30H28N4O2/c1-19-11-13-21(14-12-19)30(35)33-22-15-16-24-23(18-22)28(20(2)32-24)29(26-9-6-7-17-31-26)34-25-8-4-5-10-27(25)36-3/h4-18,29,32,34H,1-3H3,(H,33,35). The summed E-state index contributed by atoms with van der Waals surface area (Å²) >= 11 is 0. The maximum atomic E-state index is 12.9. The Morgan fingerprint density at radius 3 is 2.47 bits per heavy atom. The van der Waals surface area contributed by atoms with Crippen molar-refractivity contribution in [2.24, 2.45) is 0 Å². The number of carbonyl (C=O) groups excluding carboxylic acids is 1. The van der Waals surface area contributed by atoms with Crippen LogP contribution in [-0.4, -0.2) is 23.0 Å². The number of benzene rings is 3. The van der Waals surface area contributed by atoms with Gasteiger partial charge in [-0.2, -0.15) is 0 Å². The predicted octanol–water partition coefficient (Wildman–Crippen LogP) is 6.64. The van der Waals surface area contributed by atoms with E-state index in [0.717, 1.165) is 50.5 Å². The van der Waals surface area contributed by atoms with E-state index in [9.17, 15) is 4.79 Å². The van der Waals surface area contributed by atoms with Crippen LogP contribution in [0.4, 0.5) is 11.4 Å². The van der Waals surface area contributed by atoms with Crippen LogP contribution in [0.2, 0.25) is 0 Å². The molecule has 0 aliphatic carbocycles. The SMILES string of the molecule is COc1ccccc1NC(c1ccccn1)c1c(C)[nH]c2ccc(NC(=O)c3ccc(C)cc3)cc12. The number of carbonyl (C=O) groups is 1. The van der Waals surface area contributed by atoms with Crippen molar-refractivity contribution < 1.29 is 9.53 Å². The molecule has 2 aromatic heterocycles. The van der Waals surface area contributed by atoms with E-state index in [0.29, 0.717) is 5.56 Å². The number of ether oxygens (including phenoxy) is 1. The first-order valence-corrected chi connectivity index (χ1v) is 11.8. The van der Waals surface area contributed by atoms with Gasteiger partial charge in [0.2, 0.25) is 0 Å². The van der Waals surface area contributed by atoms with E-state index < -0.39 is 0 Å². The zero-order valence-electron chi connectivity index (χ0n) is 20.5. The van der Waals surface area contributed by atoms with Gasteiger partial charge in [0.05, 0.1) is 24.5 Å². The summed E-state index contributed by atoms with van der Waals surface area (Å²) in [6.07, 6.45) is 1.80. The Bertz CT molecular complexity index is 1510. The first kappa shape index (κ1) is 23.2. The third-order valence-corrected chi connectivity index (χ3v) is 6.29. The molecule has 5 aromatic rings. The Balaban J connectivity index is 1.56. The highest BCUT2D eigenvalue weighted by molar-refractivity contribution is 6.05. The molecule has 0 radical (unpaired) electrons. The van der Waals surface area contributed by atoms with Crippen molar-refractivity contribution in [2.75, 3.05) is 17.7 Å². The number of hydrogen-bond acceptors (Lipinski definition) is 4. The number of aromatic amines is 1. The smallest absolute Gasteiger partial charge is 0.255 e. The van der Waals surface area contributed by atoms with E-state index in [1.807, 2.05) is 91.9 Å². The zero-order valence-corrected chi connectivity index (χ0v) is 20.5. The van der Waals surface area contributed by atoms with Gasteiger partial charge < -0.3 is 20.4 Å². The molecule has 0 spiro atoms. The number of pyridine rings is 1. The molecule has 0 bridgehead atoms. The molecule has 0 aliphatic heterocycles. The number of rotatable bonds is 7. The number of para-hydroxylation sites is 2. The van der Waals surface area contributed by atoms with Crippen molar-refractivity contribution in [3.8, 4) is 5.75 Å².